The molecule has 1 fully saturated rings. The monoisotopic (exact) mass is 323 g/mol. The molecule has 0 bridgehead atoms. The van der Waals surface area contributed by atoms with Gasteiger partial charge in [0.1, 0.15) is 0 Å². The molecule has 6 nitrogen and oxygen atoms in total. The van der Waals surface area contributed by atoms with Crippen molar-refractivity contribution in [2.24, 2.45) is 0 Å². The number of carbonyl (C=O) groups excluding carboxylic acids is 1. The molecule has 1 amide bonds. The highest BCUT2D eigenvalue weighted by Gasteiger charge is 2.29. The van der Waals surface area contributed by atoms with Crippen LogP contribution in [0.5, 0.6) is 0 Å². The van der Waals surface area contributed by atoms with Gasteiger partial charge in [0.15, 0.2) is 0 Å². The number of carbonyl (C=O) groups is 1. The first kappa shape index (κ1) is 14.9. The number of aromatic nitrogens is 4. The number of likely N-dealkylation sites (tertiary alicyclic amines) is 1. The lowest BCUT2D eigenvalue weighted by atomic mass is 10.1. The summed E-state index contributed by atoms with van der Waals surface area (Å²) in [5, 5.41) is 12.7. The van der Waals surface area contributed by atoms with E-state index in [4.69, 9.17) is 0 Å². The van der Waals surface area contributed by atoms with Crippen molar-refractivity contribution in [2.75, 3.05) is 6.54 Å². The van der Waals surface area contributed by atoms with Gasteiger partial charge in [0, 0.05) is 18.1 Å². The van der Waals surface area contributed by atoms with Crippen LogP contribution >= 0.6 is 0 Å². The molecule has 3 aromatic rings. The van der Waals surface area contributed by atoms with Gasteiger partial charge < -0.3 is 4.90 Å². The van der Waals surface area contributed by atoms with Crippen molar-refractivity contribution in [3.05, 3.63) is 47.9 Å². The maximum Gasteiger partial charge on any atom is 0.228 e. The third-order valence-electron chi connectivity index (χ3n) is 4.73. The topological polar surface area (TPSA) is 66.8 Å². The SMILES string of the molecule is Cc1cnn(C[C@@H]2CCCN2C(=O)Cc2[nH]nc3ccccc23)c1. The van der Waals surface area contributed by atoms with Crippen molar-refractivity contribution in [1.82, 2.24) is 24.9 Å². The summed E-state index contributed by atoms with van der Waals surface area (Å²) in [6.45, 7) is 3.63. The third kappa shape index (κ3) is 2.79. The second-order valence-corrected chi connectivity index (χ2v) is 6.52. The molecule has 1 saturated heterocycles. The van der Waals surface area contributed by atoms with Gasteiger partial charge in [-0.2, -0.15) is 10.2 Å². The molecule has 0 radical (unpaired) electrons. The van der Waals surface area contributed by atoms with Crippen LogP contribution in [0.3, 0.4) is 0 Å². The first-order chi connectivity index (χ1) is 11.7. The Balaban J connectivity index is 1.48. The average molecular weight is 323 g/mol. The molecule has 2 aromatic heterocycles. The van der Waals surface area contributed by atoms with Crippen LogP contribution in [0.15, 0.2) is 36.7 Å². The lowest BCUT2D eigenvalue weighted by molar-refractivity contribution is -0.131. The molecular formula is C18H21N5O. The summed E-state index contributed by atoms with van der Waals surface area (Å²) in [6.07, 6.45) is 6.35. The van der Waals surface area contributed by atoms with E-state index in [2.05, 4.69) is 15.3 Å². The minimum atomic E-state index is 0.163. The molecule has 1 atom stereocenters. The van der Waals surface area contributed by atoms with Crippen LogP contribution in [0.25, 0.3) is 10.9 Å². The molecule has 4 rings (SSSR count). The summed E-state index contributed by atoms with van der Waals surface area (Å²) in [6, 6.07) is 8.13. The van der Waals surface area contributed by atoms with Gasteiger partial charge in [0.25, 0.3) is 0 Å². The van der Waals surface area contributed by atoms with Crippen molar-refractivity contribution in [3.8, 4) is 0 Å². The molecule has 0 spiro atoms. The fourth-order valence-electron chi connectivity index (χ4n) is 3.54. The number of aryl methyl sites for hydroxylation is 1. The Hall–Kier alpha value is -2.63. The standard InChI is InChI=1S/C18H21N5O/c1-13-10-19-22(11-13)12-14-5-4-8-23(14)18(24)9-17-15-6-2-3-7-16(15)20-21-17/h2-3,6-7,10-11,14H,4-5,8-9,12H2,1H3,(H,20,21)/t14-/m0/s1. The average Bonchev–Trinajstić information content (AvgIpc) is 3.29. The van der Waals surface area contributed by atoms with Gasteiger partial charge in [-0.15, -0.1) is 0 Å². The Morgan fingerprint density at radius 3 is 3.08 bits per heavy atom. The number of benzene rings is 1. The van der Waals surface area contributed by atoms with Crippen molar-refractivity contribution >= 4 is 16.8 Å². The van der Waals surface area contributed by atoms with Gasteiger partial charge in [-0.1, -0.05) is 18.2 Å². The fraction of sp³-hybridized carbons (Fsp3) is 0.389. The first-order valence-corrected chi connectivity index (χ1v) is 8.41. The molecule has 3 heterocycles. The maximum atomic E-state index is 12.8. The molecule has 0 aliphatic carbocycles. The fourth-order valence-corrected chi connectivity index (χ4v) is 3.54. The quantitative estimate of drug-likeness (QED) is 0.801. The molecule has 1 aliphatic rings. The van der Waals surface area contributed by atoms with E-state index < -0.39 is 0 Å². The number of para-hydroxylation sites is 1. The lowest BCUT2D eigenvalue weighted by Gasteiger charge is -2.24. The van der Waals surface area contributed by atoms with Crippen LogP contribution < -0.4 is 0 Å². The summed E-state index contributed by atoms with van der Waals surface area (Å²) in [5.74, 6) is 0.163. The Kier molecular flexibility index (Phi) is 3.80. The predicted octanol–water partition coefficient (Wildman–Crippen LogP) is 2.30. The molecule has 1 N–H and O–H groups in total. The number of fused-ring (bicyclic) bond motifs is 1. The van der Waals surface area contributed by atoms with Crippen molar-refractivity contribution < 1.29 is 4.79 Å². The van der Waals surface area contributed by atoms with Crippen molar-refractivity contribution in [2.45, 2.75) is 38.8 Å². The Bertz CT molecular complexity index is 865. The van der Waals surface area contributed by atoms with Gasteiger partial charge in [0.2, 0.25) is 5.91 Å². The first-order valence-electron chi connectivity index (χ1n) is 8.41. The highest BCUT2D eigenvalue weighted by atomic mass is 16.2. The Morgan fingerprint density at radius 2 is 2.25 bits per heavy atom. The number of rotatable bonds is 4. The van der Waals surface area contributed by atoms with Crippen LogP contribution in [0, 0.1) is 6.92 Å². The molecule has 24 heavy (non-hydrogen) atoms. The number of nitrogens with one attached hydrogen (secondary N) is 1. The summed E-state index contributed by atoms with van der Waals surface area (Å²) >= 11 is 0. The molecule has 124 valence electrons. The molecular weight excluding hydrogens is 302 g/mol. The lowest BCUT2D eigenvalue weighted by Crippen LogP contribution is -2.39. The highest BCUT2D eigenvalue weighted by Crippen LogP contribution is 2.22. The second kappa shape index (κ2) is 6.11. The zero-order valence-electron chi connectivity index (χ0n) is 13.8. The van der Waals surface area contributed by atoms with Crippen LogP contribution in [-0.2, 0) is 17.8 Å². The van der Waals surface area contributed by atoms with E-state index in [0.29, 0.717) is 6.42 Å². The van der Waals surface area contributed by atoms with E-state index in [0.717, 1.165) is 48.1 Å². The number of hydrogen-bond donors (Lipinski definition) is 1. The summed E-state index contributed by atoms with van der Waals surface area (Å²) < 4.78 is 1.94. The zero-order valence-corrected chi connectivity index (χ0v) is 13.8. The normalized spacial score (nSPS) is 17.7. The van der Waals surface area contributed by atoms with E-state index in [1.165, 1.54) is 0 Å². The Morgan fingerprint density at radius 1 is 1.38 bits per heavy atom. The third-order valence-corrected chi connectivity index (χ3v) is 4.73. The van der Waals surface area contributed by atoms with E-state index in [1.54, 1.807) is 0 Å². The van der Waals surface area contributed by atoms with Crippen molar-refractivity contribution in [1.29, 1.82) is 0 Å². The molecule has 0 saturated carbocycles. The smallest absolute Gasteiger partial charge is 0.228 e. The van der Waals surface area contributed by atoms with Gasteiger partial charge >= 0.3 is 0 Å². The maximum absolute atomic E-state index is 12.8. The summed E-state index contributed by atoms with van der Waals surface area (Å²) in [4.78, 5) is 14.8. The molecule has 1 aromatic carbocycles. The number of H-pyrrole nitrogens is 1. The molecule has 0 unspecified atom stereocenters. The van der Waals surface area contributed by atoms with Gasteiger partial charge in [-0.25, -0.2) is 0 Å². The van der Waals surface area contributed by atoms with Crippen LogP contribution in [0.1, 0.15) is 24.1 Å². The summed E-state index contributed by atoms with van der Waals surface area (Å²) in [7, 11) is 0. The zero-order chi connectivity index (χ0) is 16.5. The number of nitrogens with zero attached hydrogens (tertiary/aromatic N) is 4. The van der Waals surface area contributed by atoms with E-state index >= 15 is 0 Å². The van der Waals surface area contributed by atoms with Crippen LogP contribution in [0.2, 0.25) is 0 Å². The minimum absolute atomic E-state index is 0.163. The van der Waals surface area contributed by atoms with Crippen LogP contribution in [0.4, 0.5) is 0 Å². The largest absolute Gasteiger partial charge is 0.338 e. The number of amides is 1. The summed E-state index contributed by atoms with van der Waals surface area (Å²) in [5.41, 5.74) is 2.95. The highest BCUT2D eigenvalue weighted by molar-refractivity contribution is 5.87. The van der Waals surface area contributed by atoms with Crippen molar-refractivity contribution in [3.63, 3.8) is 0 Å². The minimum Gasteiger partial charge on any atom is -0.338 e. The Labute approximate surface area is 140 Å². The number of aromatic amines is 1. The second-order valence-electron chi connectivity index (χ2n) is 6.52. The van der Waals surface area contributed by atoms with Gasteiger partial charge in [-0.3, -0.25) is 14.6 Å². The predicted molar refractivity (Wildman–Crippen MR) is 91.5 cm³/mol. The molecule has 1 aliphatic heterocycles. The molecule has 6 heteroatoms. The van der Waals surface area contributed by atoms with Gasteiger partial charge in [-0.05, 0) is 31.4 Å². The van der Waals surface area contributed by atoms with E-state index in [-0.39, 0.29) is 11.9 Å². The number of hydrogen-bond acceptors (Lipinski definition) is 3. The van der Waals surface area contributed by atoms with Gasteiger partial charge in [0.05, 0.1) is 36.4 Å². The van der Waals surface area contributed by atoms with E-state index in [1.807, 2.05) is 53.2 Å². The van der Waals surface area contributed by atoms with Crippen LogP contribution in [-0.4, -0.2) is 43.4 Å². The van der Waals surface area contributed by atoms with E-state index in [9.17, 15) is 4.79 Å².